The predicted octanol–water partition coefficient (Wildman–Crippen LogP) is -1.45. The van der Waals surface area contributed by atoms with E-state index in [4.69, 9.17) is 23.4 Å². The molecule has 0 atom stereocenters. The molecule has 1 aromatic heterocycles. The number of aromatic nitrogens is 1. The first-order valence-electron chi connectivity index (χ1n) is 7.80. The van der Waals surface area contributed by atoms with E-state index < -0.39 is 10.2 Å². The Labute approximate surface area is 157 Å². The highest BCUT2D eigenvalue weighted by molar-refractivity contribution is 7.12. The van der Waals surface area contributed by atoms with Crippen LogP contribution >= 0.6 is 11.3 Å². The smallest absolute Gasteiger partial charge is 0.378 e. The molecule has 1 aromatic carbocycles. The maximum atomic E-state index is 8.49. The lowest BCUT2D eigenvalue weighted by Crippen LogP contribution is -2.68. The second kappa shape index (κ2) is 9.88. The number of aryl methyl sites for hydroxylation is 1. The Morgan fingerprint density at radius 1 is 1.12 bits per heavy atom. The number of ether oxygens (including phenoxy) is 1. The second-order valence-electron chi connectivity index (χ2n) is 5.17. The van der Waals surface area contributed by atoms with Crippen LogP contribution in [0.5, 0.6) is 0 Å². The van der Waals surface area contributed by atoms with Crippen molar-refractivity contribution in [1.29, 1.82) is 0 Å². The van der Waals surface area contributed by atoms with Gasteiger partial charge in [-0.05, 0) is 47.6 Å². The zero-order chi connectivity index (χ0) is 19.0. The first-order valence-corrected chi connectivity index (χ1v) is 9.91. The highest BCUT2D eigenvalue weighted by atomic mass is 35.7. The quantitative estimate of drug-likeness (QED) is 0.453. The molecule has 0 unspecified atom stereocenters. The second-order valence-corrected chi connectivity index (χ2v) is 6.79. The van der Waals surface area contributed by atoms with Crippen LogP contribution in [-0.2, 0) is 11.3 Å². The van der Waals surface area contributed by atoms with Gasteiger partial charge < -0.3 is 9.64 Å². The van der Waals surface area contributed by atoms with Crippen molar-refractivity contribution in [3.05, 3.63) is 35.8 Å². The lowest BCUT2D eigenvalue weighted by atomic mass is 10.2. The van der Waals surface area contributed by atoms with Crippen molar-refractivity contribution in [2.24, 2.45) is 10.2 Å². The largest absolute Gasteiger partial charge is 0.408 e. The van der Waals surface area contributed by atoms with Gasteiger partial charge in [0.2, 0.25) is 0 Å². The summed E-state index contributed by atoms with van der Waals surface area (Å²) in [4.78, 5) is 2.33. The molecule has 1 fully saturated rings. The summed E-state index contributed by atoms with van der Waals surface area (Å²) in [6.07, 6.45) is 2.03. The Balaban J connectivity index is 0.000000431. The average Bonchev–Trinajstić information content (AvgIpc) is 3.07. The number of benzene rings is 1. The van der Waals surface area contributed by atoms with E-state index >= 15 is 0 Å². The van der Waals surface area contributed by atoms with Crippen LogP contribution in [0, 0.1) is 10.2 Å². The summed E-state index contributed by atoms with van der Waals surface area (Å²) in [5, 5.41) is 11.6. The van der Waals surface area contributed by atoms with Crippen molar-refractivity contribution >= 4 is 27.8 Å². The molecule has 0 radical (unpaired) electrons. The highest BCUT2D eigenvalue weighted by Gasteiger charge is 2.12. The van der Waals surface area contributed by atoms with Crippen molar-refractivity contribution in [3.63, 3.8) is 0 Å². The summed E-state index contributed by atoms with van der Waals surface area (Å²) in [5.41, 5.74) is 2.10. The molecule has 0 saturated carbocycles. The van der Waals surface area contributed by atoms with E-state index in [-0.39, 0.29) is 0 Å². The van der Waals surface area contributed by atoms with Crippen LogP contribution in [0.4, 0.5) is 16.5 Å². The van der Waals surface area contributed by atoms with Crippen molar-refractivity contribution in [2.75, 3.05) is 31.2 Å². The van der Waals surface area contributed by atoms with Gasteiger partial charge in [0, 0.05) is 24.2 Å². The van der Waals surface area contributed by atoms with Crippen LogP contribution in [0.25, 0.3) is 0 Å². The van der Waals surface area contributed by atoms with Gasteiger partial charge in [0.25, 0.3) is 0 Å². The SMILES string of the molecule is CC[n+]1ccsc1/N=N/c1ccc(N2CCOCC2)cc1.[O-][Cl+3]([O-])([O-])[O-]. The molecule has 1 aliphatic heterocycles. The maximum absolute atomic E-state index is 8.49. The molecule has 1 aliphatic rings. The van der Waals surface area contributed by atoms with Gasteiger partial charge in [-0.15, -0.1) is 10.2 Å². The van der Waals surface area contributed by atoms with Gasteiger partial charge in [-0.2, -0.15) is 0 Å². The van der Waals surface area contributed by atoms with E-state index in [9.17, 15) is 0 Å². The zero-order valence-electron chi connectivity index (χ0n) is 14.1. The number of thiazole rings is 1. The minimum absolute atomic E-state index is 0.802. The normalized spacial score (nSPS) is 15.0. The van der Waals surface area contributed by atoms with Crippen LogP contribution in [0.1, 0.15) is 6.92 Å². The molecule has 2 aromatic rings. The number of hydrogen-bond acceptors (Lipinski definition) is 9. The number of azo groups is 1. The molecule has 3 rings (SSSR count). The molecule has 2 heterocycles. The van der Waals surface area contributed by atoms with E-state index in [1.165, 1.54) is 5.69 Å². The fourth-order valence-electron chi connectivity index (χ4n) is 2.27. The van der Waals surface area contributed by atoms with Crippen LogP contribution in [0.3, 0.4) is 0 Å². The first-order chi connectivity index (χ1) is 12.4. The van der Waals surface area contributed by atoms with Gasteiger partial charge in [0.1, 0.15) is 11.9 Å². The van der Waals surface area contributed by atoms with Crippen molar-refractivity contribution in [1.82, 2.24) is 0 Å². The molecule has 0 spiro atoms. The van der Waals surface area contributed by atoms with Gasteiger partial charge in [0.15, 0.2) is 0 Å². The number of nitrogens with zero attached hydrogens (tertiary/aromatic N) is 4. The van der Waals surface area contributed by atoms with Gasteiger partial charge in [-0.25, -0.2) is 23.2 Å². The summed E-state index contributed by atoms with van der Waals surface area (Å²) in [5.74, 6) is 0. The maximum Gasteiger partial charge on any atom is 0.408 e. The van der Waals surface area contributed by atoms with Crippen molar-refractivity contribution in [2.45, 2.75) is 13.5 Å². The minimum Gasteiger partial charge on any atom is -0.378 e. The summed E-state index contributed by atoms with van der Waals surface area (Å²) < 4.78 is 41.4. The fraction of sp³-hybridized carbons (Fsp3) is 0.400. The van der Waals surface area contributed by atoms with Gasteiger partial charge >= 0.3 is 5.13 Å². The summed E-state index contributed by atoms with van der Waals surface area (Å²) in [6, 6.07) is 8.22. The number of anilines is 1. The van der Waals surface area contributed by atoms with E-state index in [0.29, 0.717) is 0 Å². The Bertz CT molecular complexity index is 693. The van der Waals surface area contributed by atoms with E-state index in [1.54, 1.807) is 11.3 Å². The summed E-state index contributed by atoms with van der Waals surface area (Å²) in [6.45, 7) is 6.52. The summed E-state index contributed by atoms with van der Waals surface area (Å²) >= 11 is 1.60. The standard InChI is InChI=1S/C15H19N4OS.ClHO4/c1-2-18-9-12-21-15(18)17-16-13-3-5-14(6-4-13)19-7-10-20-11-8-19;2-1(3,4)5/h3-6,9,12H,2,7-8,10-11H2,1H3;(H,2,3,4,5)/q+1;/p-1. The van der Waals surface area contributed by atoms with Gasteiger partial charge in [0.05, 0.1) is 24.9 Å². The molecule has 11 heteroatoms. The fourth-order valence-corrected chi connectivity index (χ4v) is 3.01. The lowest BCUT2D eigenvalue weighted by molar-refractivity contribution is -2.00. The predicted molar refractivity (Wildman–Crippen MR) is 83.8 cm³/mol. The Morgan fingerprint density at radius 2 is 1.73 bits per heavy atom. The van der Waals surface area contributed by atoms with Gasteiger partial charge in [-0.3, -0.25) is 0 Å². The van der Waals surface area contributed by atoms with Crippen LogP contribution < -0.4 is 28.1 Å². The number of rotatable bonds is 4. The minimum atomic E-state index is -4.94. The topological polar surface area (TPSA) is 133 Å². The number of hydrogen-bond donors (Lipinski definition) is 0. The highest BCUT2D eigenvalue weighted by Crippen LogP contribution is 2.23. The van der Waals surface area contributed by atoms with Gasteiger partial charge in [-0.1, -0.05) is 0 Å². The molecule has 9 nitrogen and oxygen atoms in total. The molecule has 0 amide bonds. The Kier molecular flexibility index (Phi) is 7.85. The van der Waals surface area contributed by atoms with Crippen LogP contribution in [0.15, 0.2) is 46.1 Å². The molecule has 26 heavy (non-hydrogen) atoms. The molecule has 0 bridgehead atoms. The zero-order valence-corrected chi connectivity index (χ0v) is 15.7. The van der Waals surface area contributed by atoms with Crippen molar-refractivity contribution in [3.8, 4) is 0 Å². The van der Waals surface area contributed by atoms with Crippen LogP contribution in [0.2, 0.25) is 0 Å². The van der Waals surface area contributed by atoms with E-state index in [2.05, 4.69) is 38.8 Å². The third-order valence-electron chi connectivity index (χ3n) is 3.48. The van der Waals surface area contributed by atoms with Crippen LogP contribution in [-0.4, -0.2) is 26.3 Å². The molecule has 0 N–H and O–H groups in total. The number of morpholine rings is 1. The number of halogens is 1. The third-order valence-corrected chi connectivity index (χ3v) is 4.26. The van der Waals surface area contributed by atoms with E-state index in [0.717, 1.165) is 43.7 Å². The summed E-state index contributed by atoms with van der Waals surface area (Å²) in [7, 11) is -4.94. The van der Waals surface area contributed by atoms with E-state index in [1.807, 2.05) is 23.7 Å². The average molecular weight is 403 g/mol. The Hall–Kier alpha value is -1.66. The molecule has 0 aliphatic carbocycles. The molecule has 1 saturated heterocycles. The monoisotopic (exact) mass is 402 g/mol. The lowest BCUT2D eigenvalue weighted by Gasteiger charge is -2.28. The third kappa shape index (κ3) is 7.30. The Morgan fingerprint density at radius 3 is 2.31 bits per heavy atom. The molecular weight excluding hydrogens is 384 g/mol. The molecular formula is C15H19ClN4O5S. The van der Waals surface area contributed by atoms with Crippen molar-refractivity contribution < 1.29 is 38.2 Å². The first kappa shape index (κ1) is 20.6. The molecule has 142 valence electrons.